The van der Waals surface area contributed by atoms with E-state index in [9.17, 15) is 4.79 Å². The van der Waals surface area contributed by atoms with Gasteiger partial charge in [0.2, 0.25) is 5.91 Å². The molecule has 2 aromatic heterocycles. The molecule has 0 aliphatic carbocycles. The third kappa shape index (κ3) is 6.03. The van der Waals surface area contributed by atoms with Gasteiger partial charge in [0.15, 0.2) is 5.16 Å². The number of nitrogens with zero attached hydrogens (tertiary/aromatic N) is 5. The second kappa shape index (κ2) is 10.8. The highest BCUT2D eigenvalue weighted by atomic mass is 35.5. The molecule has 166 valence electrons. The lowest BCUT2D eigenvalue weighted by molar-refractivity contribution is -0.118. The Labute approximate surface area is 201 Å². The average Bonchev–Trinajstić information content (AvgIpc) is 2.82. The van der Waals surface area contributed by atoms with Crippen LogP contribution >= 0.6 is 35.0 Å². The van der Waals surface area contributed by atoms with Crippen LogP contribution < -0.4 is 15.1 Å². The van der Waals surface area contributed by atoms with Crippen molar-refractivity contribution < 1.29 is 4.79 Å². The molecule has 1 aromatic carbocycles. The monoisotopic (exact) mass is 488 g/mol. The van der Waals surface area contributed by atoms with E-state index >= 15 is 0 Å². The van der Waals surface area contributed by atoms with Crippen LogP contribution in [0.3, 0.4) is 0 Å². The number of nitrogens with one attached hydrogen (secondary N) is 1. The fourth-order valence-corrected chi connectivity index (χ4v) is 4.55. The Morgan fingerprint density at radius 2 is 1.72 bits per heavy atom. The van der Waals surface area contributed by atoms with Gasteiger partial charge in [0.1, 0.15) is 11.0 Å². The molecule has 32 heavy (non-hydrogen) atoms. The third-order valence-corrected chi connectivity index (χ3v) is 6.39. The van der Waals surface area contributed by atoms with Gasteiger partial charge in [0, 0.05) is 51.2 Å². The predicted octanol–water partition coefficient (Wildman–Crippen LogP) is 3.91. The van der Waals surface area contributed by atoms with Crippen LogP contribution in [0.25, 0.3) is 0 Å². The lowest BCUT2D eigenvalue weighted by atomic mass is 10.2. The highest BCUT2D eigenvalue weighted by Gasteiger charge is 2.21. The number of para-hydroxylation sites is 1. The van der Waals surface area contributed by atoms with Crippen molar-refractivity contribution in [2.45, 2.75) is 11.7 Å². The molecule has 4 rings (SSSR count). The Morgan fingerprint density at radius 3 is 2.47 bits per heavy atom. The summed E-state index contributed by atoms with van der Waals surface area (Å²) in [5, 5.41) is 4.49. The summed E-state index contributed by atoms with van der Waals surface area (Å²) in [4.78, 5) is 29.5. The molecule has 7 nitrogen and oxygen atoms in total. The van der Waals surface area contributed by atoms with Crippen LogP contribution in [-0.4, -0.2) is 52.8 Å². The number of carbonyl (C=O) groups is 1. The maximum Gasteiger partial charge on any atom is 0.230 e. The predicted molar refractivity (Wildman–Crippen MR) is 130 cm³/mol. The maximum absolute atomic E-state index is 12.2. The zero-order chi connectivity index (χ0) is 22.3. The number of aromatic nitrogens is 3. The molecule has 1 aliphatic rings. The molecule has 0 atom stereocenters. The van der Waals surface area contributed by atoms with E-state index in [4.69, 9.17) is 23.2 Å². The number of anilines is 2. The van der Waals surface area contributed by atoms with Gasteiger partial charge < -0.3 is 15.1 Å². The van der Waals surface area contributed by atoms with Crippen LogP contribution in [0.4, 0.5) is 11.5 Å². The van der Waals surface area contributed by atoms with Crippen LogP contribution in [0.15, 0.2) is 60.0 Å². The number of thioether (sulfide) groups is 1. The number of rotatable bonds is 7. The van der Waals surface area contributed by atoms with E-state index in [2.05, 4.69) is 30.1 Å². The van der Waals surface area contributed by atoms with E-state index in [-0.39, 0.29) is 11.7 Å². The van der Waals surface area contributed by atoms with E-state index in [1.807, 2.05) is 36.4 Å². The highest BCUT2D eigenvalue weighted by molar-refractivity contribution is 7.99. The van der Waals surface area contributed by atoms with Gasteiger partial charge in [-0.1, -0.05) is 47.1 Å². The van der Waals surface area contributed by atoms with Crippen LogP contribution in [0, 0.1) is 0 Å². The number of piperazine rings is 1. The molecule has 3 heterocycles. The van der Waals surface area contributed by atoms with Gasteiger partial charge in [-0.05, 0) is 29.8 Å². The highest BCUT2D eigenvalue weighted by Crippen LogP contribution is 2.28. The minimum atomic E-state index is -0.0923. The van der Waals surface area contributed by atoms with Crippen molar-refractivity contribution in [2.24, 2.45) is 0 Å². The van der Waals surface area contributed by atoms with Crippen LogP contribution in [0.1, 0.15) is 5.56 Å². The summed E-state index contributed by atoms with van der Waals surface area (Å²) in [6.45, 7) is 3.68. The van der Waals surface area contributed by atoms with E-state index < -0.39 is 0 Å². The topological polar surface area (TPSA) is 74.2 Å². The number of hydrogen-bond donors (Lipinski definition) is 1. The van der Waals surface area contributed by atoms with Crippen molar-refractivity contribution in [2.75, 3.05) is 41.7 Å². The molecular weight excluding hydrogens is 467 g/mol. The second-order valence-corrected chi connectivity index (χ2v) is 8.91. The molecule has 0 saturated carbocycles. The Balaban J connectivity index is 1.32. The lowest BCUT2D eigenvalue weighted by Crippen LogP contribution is -2.47. The van der Waals surface area contributed by atoms with Crippen molar-refractivity contribution in [3.8, 4) is 0 Å². The number of hydrogen-bond acceptors (Lipinski definition) is 7. The normalized spacial score (nSPS) is 13.8. The summed E-state index contributed by atoms with van der Waals surface area (Å²) in [7, 11) is 0. The summed E-state index contributed by atoms with van der Waals surface area (Å²) in [5.74, 6) is 0.888. The molecule has 0 spiro atoms. The standard InChI is InChI=1S/C22H22Cl2N6OS/c23-17-3-1-2-4-18(17)29-9-11-30(12-10-29)20-13-19(24)27-22(28-20)32-15-21(31)26-14-16-5-7-25-8-6-16/h1-8,13H,9-12,14-15H2,(H,26,31). The van der Waals surface area contributed by atoms with Gasteiger partial charge in [-0.15, -0.1) is 0 Å². The number of pyridine rings is 1. The average molecular weight is 489 g/mol. The second-order valence-electron chi connectivity index (χ2n) is 7.18. The van der Waals surface area contributed by atoms with Gasteiger partial charge in [0.05, 0.1) is 16.5 Å². The molecule has 1 amide bonds. The lowest BCUT2D eigenvalue weighted by Gasteiger charge is -2.37. The van der Waals surface area contributed by atoms with Gasteiger partial charge in [-0.2, -0.15) is 0 Å². The van der Waals surface area contributed by atoms with Gasteiger partial charge in [0.25, 0.3) is 0 Å². The van der Waals surface area contributed by atoms with Crippen molar-refractivity contribution in [3.63, 3.8) is 0 Å². The SMILES string of the molecule is O=C(CSc1nc(Cl)cc(N2CCN(c3ccccc3Cl)CC2)n1)NCc1ccncc1. The van der Waals surface area contributed by atoms with Crippen molar-refractivity contribution >= 4 is 52.4 Å². The van der Waals surface area contributed by atoms with Crippen molar-refractivity contribution in [1.29, 1.82) is 0 Å². The van der Waals surface area contributed by atoms with Gasteiger partial charge in [-0.3, -0.25) is 9.78 Å². The molecule has 0 unspecified atom stereocenters. The number of halogens is 2. The molecule has 0 bridgehead atoms. The number of benzene rings is 1. The Bertz CT molecular complexity index is 1060. The van der Waals surface area contributed by atoms with E-state index in [1.165, 1.54) is 11.8 Å². The first-order valence-electron chi connectivity index (χ1n) is 10.2. The largest absolute Gasteiger partial charge is 0.367 e. The molecule has 0 radical (unpaired) electrons. The quantitative estimate of drug-likeness (QED) is 0.307. The summed E-state index contributed by atoms with van der Waals surface area (Å²) in [5.41, 5.74) is 2.04. The molecule has 1 aliphatic heterocycles. The van der Waals surface area contributed by atoms with Crippen LogP contribution in [-0.2, 0) is 11.3 Å². The molecule has 1 N–H and O–H groups in total. The van der Waals surface area contributed by atoms with Crippen LogP contribution in [0.5, 0.6) is 0 Å². The molecular formula is C22H22Cl2N6OS. The molecule has 10 heteroatoms. The molecule has 1 saturated heterocycles. The van der Waals surface area contributed by atoms with Crippen molar-refractivity contribution in [3.05, 3.63) is 70.6 Å². The Hall–Kier alpha value is -2.55. The first kappa shape index (κ1) is 22.6. The van der Waals surface area contributed by atoms with Crippen molar-refractivity contribution in [1.82, 2.24) is 20.3 Å². The van der Waals surface area contributed by atoms with Gasteiger partial charge >= 0.3 is 0 Å². The smallest absolute Gasteiger partial charge is 0.230 e. The minimum absolute atomic E-state index is 0.0923. The summed E-state index contributed by atoms with van der Waals surface area (Å²) < 4.78 is 0. The Morgan fingerprint density at radius 1 is 1.00 bits per heavy atom. The zero-order valence-electron chi connectivity index (χ0n) is 17.2. The molecule has 1 fully saturated rings. The summed E-state index contributed by atoms with van der Waals surface area (Å²) in [6, 6.07) is 13.4. The van der Waals surface area contributed by atoms with Gasteiger partial charge in [-0.25, -0.2) is 9.97 Å². The van der Waals surface area contributed by atoms with E-state index in [0.717, 1.165) is 48.3 Å². The van der Waals surface area contributed by atoms with E-state index in [0.29, 0.717) is 16.9 Å². The third-order valence-electron chi connectivity index (χ3n) is 5.03. The summed E-state index contributed by atoms with van der Waals surface area (Å²) >= 11 is 13.9. The zero-order valence-corrected chi connectivity index (χ0v) is 19.6. The number of amides is 1. The maximum atomic E-state index is 12.2. The van der Waals surface area contributed by atoms with E-state index in [1.54, 1.807) is 18.5 Å². The first-order valence-corrected chi connectivity index (χ1v) is 11.9. The van der Waals surface area contributed by atoms with Crippen LogP contribution in [0.2, 0.25) is 10.2 Å². The number of carbonyl (C=O) groups excluding carboxylic acids is 1. The molecule has 3 aromatic rings. The summed E-state index contributed by atoms with van der Waals surface area (Å²) in [6.07, 6.45) is 3.40. The fourth-order valence-electron chi connectivity index (χ4n) is 3.38. The Kier molecular flexibility index (Phi) is 7.68. The first-order chi connectivity index (χ1) is 15.6. The fraction of sp³-hybridized carbons (Fsp3) is 0.273. The minimum Gasteiger partial charge on any atom is -0.367 e.